The molecule has 2 heterocycles. The third-order valence-corrected chi connectivity index (χ3v) is 4.88. The van der Waals surface area contributed by atoms with Crippen LogP contribution >= 0.6 is 11.6 Å². The lowest BCUT2D eigenvalue weighted by Crippen LogP contribution is -2.25. The summed E-state index contributed by atoms with van der Waals surface area (Å²) >= 11 is 6.18. The molecule has 0 atom stereocenters. The molecule has 0 aliphatic heterocycles. The van der Waals surface area contributed by atoms with Crippen LogP contribution in [0.4, 0.5) is 0 Å². The van der Waals surface area contributed by atoms with Crippen LogP contribution in [0.2, 0.25) is 5.02 Å². The molecule has 1 amide bonds. The number of hydrogen-bond acceptors (Lipinski definition) is 3. The van der Waals surface area contributed by atoms with E-state index in [9.17, 15) is 4.79 Å². The van der Waals surface area contributed by atoms with Gasteiger partial charge in [-0.25, -0.2) is 0 Å². The highest BCUT2D eigenvalue weighted by atomic mass is 35.5. The Morgan fingerprint density at radius 1 is 1.34 bits per heavy atom. The number of aromatic nitrogens is 2. The van der Waals surface area contributed by atoms with E-state index in [4.69, 9.17) is 16.0 Å². The summed E-state index contributed by atoms with van der Waals surface area (Å²) in [6.07, 6.45) is 6.99. The maximum atomic E-state index is 12.6. The Morgan fingerprint density at radius 3 is 2.90 bits per heavy atom. The highest BCUT2D eigenvalue weighted by molar-refractivity contribution is 6.30. The van der Waals surface area contributed by atoms with Crippen LogP contribution in [-0.2, 0) is 7.05 Å². The van der Waals surface area contributed by atoms with Gasteiger partial charge in [0.1, 0.15) is 5.69 Å². The van der Waals surface area contributed by atoms with E-state index in [0.29, 0.717) is 29.4 Å². The number of carbonyl (C=O) groups excluding carboxylic acids is 1. The smallest absolute Gasteiger partial charge is 0.271 e. The van der Waals surface area contributed by atoms with Crippen LogP contribution in [0, 0.1) is 6.92 Å². The van der Waals surface area contributed by atoms with Crippen molar-refractivity contribution < 1.29 is 9.21 Å². The van der Waals surface area contributed by atoms with Gasteiger partial charge < -0.3 is 9.73 Å². The number of nitrogens with one attached hydrogen (secondary N) is 1. The molecule has 0 saturated heterocycles. The third-order valence-electron chi connectivity index (χ3n) is 4.64. The summed E-state index contributed by atoms with van der Waals surface area (Å²) in [7, 11) is 1.78. The van der Waals surface area contributed by atoms with Crippen molar-refractivity contribution in [2.75, 3.05) is 6.54 Å². The molecule has 0 unspecified atom stereocenters. The molecular formula is C23H24ClN3O2. The number of rotatable bonds is 8. The minimum atomic E-state index is -0.218. The first kappa shape index (κ1) is 20.7. The number of benzene rings is 1. The fourth-order valence-corrected chi connectivity index (χ4v) is 3.32. The number of aryl methyl sites for hydroxylation is 2. The fraction of sp³-hybridized carbons (Fsp3) is 0.217. The van der Waals surface area contributed by atoms with Gasteiger partial charge in [-0.2, -0.15) is 5.10 Å². The van der Waals surface area contributed by atoms with Crippen molar-refractivity contribution in [3.8, 4) is 11.5 Å². The van der Waals surface area contributed by atoms with Gasteiger partial charge in [0.15, 0.2) is 11.5 Å². The number of hydrogen-bond donors (Lipinski definition) is 1. The molecule has 5 nitrogen and oxygen atoms in total. The van der Waals surface area contributed by atoms with Crippen molar-refractivity contribution in [3.05, 3.63) is 83.2 Å². The average Bonchev–Trinajstić information content (AvgIpc) is 3.36. The Balaban J connectivity index is 1.68. The van der Waals surface area contributed by atoms with Crippen LogP contribution in [0.3, 0.4) is 0 Å². The molecule has 3 rings (SSSR count). The summed E-state index contributed by atoms with van der Waals surface area (Å²) in [5.74, 6) is 0.453. The molecular weight excluding hydrogens is 386 g/mol. The highest BCUT2D eigenvalue weighted by Crippen LogP contribution is 2.26. The van der Waals surface area contributed by atoms with Crippen molar-refractivity contribution >= 4 is 23.1 Å². The number of amides is 1. The van der Waals surface area contributed by atoms with Crippen molar-refractivity contribution in [1.29, 1.82) is 0 Å². The molecule has 3 aromatic rings. The Bertz CT molecular complexity index is 1030. The second-order valence-corrected chi connectivity index (χ2v) is 7.17. The quantitative estimate of drug-likeness (QED) is 0.505. The maximum Gasteiger partial charge on any atom is 0.271 e. The van der Waals surface area contributed by atoms with Crippen LogP contribution < -0.4 is 5.32 Å². The normalized spacial score (nSPS) is 11.5. The van der Waals surface area contributed by atoms with Crippen molar-refractivity contribution in [2.24, 2.45) is 7.05 Å². The lowest BCUT2D eigenvalue weighted by Gasteiger charge is -2.12. The Kier molecular flexibility index (Phi) is 6.73. The standard InChI is InChI=1S/C23H24ClN3O2/c1-4-5-7-17(19-14-18(24)10-9-16(19)2)11-12-25-23(28)20-15-21(27(3)26-20)22-8-6-13-29-22/h4,6-10,13-15H,1,5,11-12H2,2-3H3,(H,25,28)/b17-7-. The summed E-state index contributed by atoms with van der Waals surface area (Å²) in [5.41, 5.74) is 4.47. The molecule has 0 aliphatic carbocycles. The summed E-state index contributed by atoms with van der Waals surface area (Å²) in [6.45, 7) is 6.33. The molecule has 0 spiro atoms. The summed E-state index contributed by atoms with van der Waals surface area (Å²) in [4.78, 5) is 12.6. The van der Waals surface area contributed by atoms with E-state index in [0.717, 1.165) is 28.8 Å². The first-order chi connectivity index (χ1) is 14.0. The molecule has 6 heteroatoms. The summed E-state index contributed by atoms with van der Waals surface area (Å²) in [6, 6.07) is 11.2. The Hall–Kier alpha value is -3.05. The predicted octanol–water partition coefficient (Wildman–Crippen LogP) is 5.42. The number of halogens is 1. The van der Waals surface area contributed by atoms with Gasteiger partial charge in [-0.15, -0.1) is 6.58 Å². The van der Waals surface area contributed by atoms with E-state index in [-0.39, 0.29) is 5.91 Å². The Morgan fingerprint density at radius 2 is 2.17 bits per heavy atom. The minimum absolute atomic E-state index is 0.218. The van der Waals surface area contributed by atoms with Gasteiger partial charge in [-0.1, -0.05) is 29.8 Å². The lowest BCUT2D eigenvalue weighted by atomic mass is 9.97. The minimum Gasteiger partial charge on any atom is -0.463 e. The van der Waals surface area contributed by atoms with Crippen LogP contribution in [-0.4, -0.2) is 22.2 Å². The third kappa shape index (κ3) is 5.06. The van der Waals surface area contributed by atoms with Gasteiger partial charge in [0.2, 0.25) is 0 Å². The molecule has 0 saturated carbocycles. The van der Waals surface area contributed by atoms with E-state index in [2.05, 4.69) is 30.0 Å². The molecule has 0 radical (unpaired) electrons. The van der Waals surface area contributed by atoms with E-state index < -0.39 is 0 Å². The van der Waals surface area contributed by atoms with Crippen LogP contribution in [0.15, 0.2) is 65.8 Å². The second-order valence-electron chi connectivity index (χ2n) is 6.73. The highest BCUT2D eigenvalue weighted by Gasteiger charge is 2.15. The van der Waals surface area contributed by atoms with Gasteiger partial charge in [0, 0.05) is 24.7 Å². The summed E-state index contributed by atoms with van der Waals surface area (Å²) in [5, 5.41) is 7.94. The zero-order valence-corrected chi connectivity index (χ0v) is 17.4. The van der Waals surface area contributed by atoms with Crippen LogP contribution in [0.25, 0.3) is 17.0 Å². The lowest BCUT2D eigenvalue weighted by molar-refractivity contribution is 0.0949. The SMILES string of the molecule is C=CC/C=C(/CCNC(=O)c1cc(-c2ccco2)n(C)n1)c1cc(Cl)ccc1C. The maximum absolute atomic E-state index is 12.6. The van der Waals surface area contributed by atoms with E-state index in [1.165, 1.54) is 0 Å². The molecule has 0 fully saturated rings. The first-order valence-electron chi connectivity index (χ1n) is 9.42. The zero-order chi connectivity index (χ0) is 20.8. The predicted molar refractivity (Wildman–Crippen MR) is 117 cm³/mol. The number of carbonyl (C=O) groups is 1. The number of furan rings is 1. The molecule has 150 valence electrons. The van der Waals surface area contributed by atoms with E-state index >= 15 is 0 Å². The van der Waals surface area contributed by atoms with E-state index in [1.807, 2.05) is 30.3 Å². The van der Waals surface area contributed by atoms with Crippen molar-refractivity contribution in [1.82, 2.24) is 15.1 Å². The fourth-order valence-electron chi connectivity index (χ4n) is 3.15. The molecule has 29 heavy (non-hydrogen) atoms. The van der Waals surface area contributed by atoms with Gasteiger partial charge in [0.05, 0.1) is 6.26 Å². The van der Waals surface area contributed by atoms with Crippen LogP contribution in [0.5, 0.6) is 0 Å². The molecule has 2 aromatic heterocycles. The number of allylic oxidation sites excluding steroid dienone is 2. The zero-order valence-electron chi connectivity index (χ0n) is 16.6. The monoisotopic (exact) mass is 409 g/mol. The second kappa shape index (κ2) is 9.43. The number of nitrogens with zero attached hydrogens (tertiary/aromatic N) is 2. The van der Waals surface area contributed by atoms with Crippen LogP contribution in [0.1, 0.15) is 34.5 Å². The average molecular weight is 410 g/mol. The topological polar surface area (TPSA) is 60.1 Å². The van der Waals surface area contributed by atoms with E-state index in [1.54, 1.807) is 30.1 Å². The van der Waals surface area contributed by atoms with Gasteiger partial charge in [-0.05, 0) is 60.7 Å². The van der Waals surface area contributed by atoms with Gasteiger partial charge in [0.25, 0.3) is 5.91 Å². The molecule has 0 bridgehead atoms. The summed E-state index contributed by atoms with van der Waals surface area (Å²) < 4.78 is 7.03. The van der Waals surface area contributed by atoms with Gasteiger partial charge in [-0.3, -0.25) is 9.48 Å². The Labute approximate surface area is 175 Å². The molecule has 0 aliphatic rings. The van der Waals surface area contributed by atoms with Crippen molar-refractivity contribution in [2.45, 2.75) is 19.8 Å². The molecule has 1 N–H and O–H groups in total. The van der Waals surface area contributed by atoms with Gasteiger partial charge >= 0.3 is 0 Å². The largest absolute Gasteiger partial charge is 0.463 e. The first-order valence-corrected chi connectivity index (χ1v) is 9.80. The molecule has 1 aromatic carbocycles. The van der Waals surface area contributed by atoms with Crippen molar-refractivity contribution in [3.63, 3.8) is 0 Å².